The molecule has 0 aliphatic heterocycles. The molecule has 2 heterocycles. The molecule has 2 N–H and O–H groups in total. The van der Waals surface area contributed by atoms with Crippen LogP contribution in [-0.2, 0) is 0 Å². The number of likely N-dealkylation sites (N-methyl/N-ethyl adjacent to an activating group) is 1. The van der Waals surface area contributed by atoms with Crippen LogP contribution in [0.4, 0.5) is 11.9 Å². The molecule has 2 aromatic rings. The third-order valence-electron chi connectivity index (χ3n) is 3.45. The summed E-state index contributed by atoms with van der Waals surface area (Å²) in [5, 5.41) is 10.3. The van der Waals surface area contributed by atoms with Crippen LogP contribution >= 0.6 is 0 Å². The van der Waals surface area contributed by atoms with Crippen molar-refractivity contribution in [3.63, 3.8) is 0 Å². The zero-order valence-corrected chi connectivity index (χ0v) is 13.1. The van der Waals surface area contributed by atoms with Gasteiger partial charge in [-0.2, -0.15) is 20.1 Å². The van der Waals surface area contributed by atoms with E-state index in [1.165, 1.54) is 0 Å². The highest BCUT2D eigenvalue weighted by Crippen LogP contribution is 2.13. The molecule has 0 spiro atoms. The number of anilines is 2. The Balaban J connectivity index is 2.22. The second kappa shape index (κ2) is 6.04. The van der Waals surface area contributed by atoms with Crippen LogP contribution in [0.1, 0.15) is 13.8 Å². The maximum absolute atomic E-state index is 4.39. The number of hydrogen-bond acceptors (Lipinski definition) is 7. The van der Waals surface area contributed by atoms with Gasteiger partial charge in [-0.3, -0.25) is 0 Å². The van der Waals surface area contributed by atoms with E-state index in [0.29, 0.717) is 24.4 Å². The van der Waals surface area contributed by atoms with Crippen molar-refractivity contribution in [3.05, 3.63) is 18.5 Å². The normalized spacial score (nSPS) is 11.7. The summed E-state index contributed by atoms with van der Waals surface area (Å²) >= 11 is 0. The first-order valence-corrected chi connectivity index (χ1v) is 6.77. The van der Waals surface area contributed by atoms with Crippen LogP contribution < -0.4 is 10.6 Å². The fourth-order valence-corrected chi connectivity index (χ4v) is 1.50. The van der Waals surface area contributed by atoms with Gasteiger partial charge in [0.2, 0.25) is 11.9 Å². The van der Waals surface area contributed by atoms with Gasteiger partial charge in [0.25, 0.3) is 5.95 Å². The van der Waals surface area contributed by atoms with Gasteiger partial charge in [0, 0.05) is 31.5 Å². The molecule has 21 heavy (non-hydrogen) atoms. The summed E-state index contributed by atoms with van der Waals surface area (Å²) < 4.78 is 1.60. The van der Waals surface area contributed by atoms with Crippen molar-refractivity contribution >= 4 is 11.9 Å². The van der Waals surface area contributed by atoms with Gasteiger partial charge in [0.15, 0.2) is 0 Å². The van der Waals surface area contributed by atoms with Crippen molar-refractivity contribution in [3.8, 4) is 5.95 Å². The zero-order valence-electron chi connectivity index (χ0n) is 13.1. The summed E-state index contributed by atoms with van der Waals surface area (Å²) in [6.45, 7) is 5.01. The van der Waals surface area contributed by atoms with Crippen LogP contribution in [0.25, 0.3) is 5.95 Å². The fraction of sp³-hybridized carbons (Fsp3) is 0.538. The van der Waals surface area contributed by atoms with E-state index >= 15 is 0 Å². The van der Waals surface area contributed by atoms with Crippen LogP contribution in [0.5, 0.6) is 0 Å². The Kier molecular flexibility index (Phi) is 4.37. The largest absolute Gasteiger partial charge is 0.357 e. The van der Waals surface area contributed by atoms with Gasteiger partial charge < -0.3 is 15.5 Å². The summed E-state index contributed by atoms with van der Waals surface area (Å²) in [4.78, 5) is 15.2. The van der Waals surface area contributed by atoms with E-state index in [9.17, 15) is 0 Å². The van der Waals surface area contributed by atoms with E-state index in [4.69, 9.17) is 0 Å². The summed E-state index contributed by atoms with van der Waals surface area (Å²) in [6.07, 6.45) is 3.48. The monoisotopic (exact) mass is 290 g/mol. The first-order valence-electron chi connectivity index (χ1n) is 6.77. The zero-order chi connectivity index (χ0) is 15.5. The molecule has 0 unspecified atom stereocenters. The first kappa shape index (κ1) is 15.2. The van der Waals surface area contributed by atoms with Crippen LogP contribution in [0, 0.1) is 0 Å². The van der Waals surface area contributed by atoms with Crippen molar-refractivity contribution < 1.29 is 0 Å². The molecule has 8 nitrogen and oxygen atoms in total. The second-order valence-corrected chi connectivity index (χ2v) is 5.54. The minimum Gasteiger partial charge on any atom is -0.357 e. The van der Waals surface area contributed by atoms with Gasteiger partial charge in [-0.15, -0.1) is 0 Å². The molecule has 0 saturated carbocycles. The molecule has 0 amide bonds. The summed E-state index contributed by atoms with van der Waals surface area (Å²) in [7, 11) is 5.86. The molecule has 2 rings (SSSR count). The maximum Gasteiger partial charge on any atom is 0.257 e. The Bertz CT molecular complexity index is 576. The molecule has 0 bridgehead atoms. The highest BCUT2D eigenvalue weighted by molar-refractivity contribution is 5.37. The predicted molar refractivity (Wildman–Crippen MR) is 82.8 cm³/mol. The molecule has 0 fully saturated rings. The lowest BCUT2D eigenvalue weighted by Crippen LogP contribution is -2.44. The van der Waals surface area contributed by atoms with Gasteiger partial charge in [-0.25, -0.2) is 4.68 Å². The minimum atomic E-state index is -0.0156. The van der Waals surface area contributed by atoms with Crippen molar-refractivity contribution in [1.29, 1.82) is 0 Å². The van der Waals surface area contributed by atoms with Crippen molar-refractivity contribution in [2.45, 2.75) is 19.4 Å². The Morgan fingerprint density at radius 1 is 1.19 bits per heavy atom. The first-order chi connectivity index (χ1) is 9.92. The summed E-state index contributed by atoms with van der Waals surface area (Å²) in [5.41, 5.74) is -0.0156. The number of nitrogens with zero attached hydrogens (tertiary/aromatic N) is 6. The van der Waals surface area contributed by atoms with Crippen molar-refractivity contribution in [2.75, 3.05) is 38.3 Å². The van der Waals surface area contributed by atoms with E-state index in [1.807, 2.05) is 20.2 Å². The highest BCUT2D eigenvalue weighted by Gasteiger charge is 2.20. The van der Waals surface area contributed by atoms with E-state index in [2.05, 4.69) is 49.4 Å². The fourth-order valence-electron chi connectivity index (χ4n) is 1.50. The number of rotatable bonds is 6. The quantitative estimate of drug-likeness (QED) is 0.816. The highest BCUT2D eigenvalue weighted by atomic mass is 15.4. The van der Waals surface area contributed by atoms with E-state index < -0.39 is 0 Å². The van der Waals surface area contributed by atoms with Gasteiger partial charge in [0.1, 0.15) is 0 Å². The van der Waals surface area contributed by atoms with E-state index in [-0.39, 0.29) is 5.54 Å². The lowest BCUT2D eigenvalue weighted by Gasteiger charge is -2.32. The Morgan fingerprint density at radius 2 is 1.90 bits per heavy atom. The Hall–Kier alpha value is -2.22. The summed E-state index contributed by atoms with van der Waals surface area (Å²) in [5.74, 6) is 1.50. The van der Waals surface area contributed by atoms with Crippen LogP contribution in [0.15, 0.2) is 18.5 Å². The molecular weight excluding hydrogens is 268 g/mol. The molecule has 0 aliphatic rings. The van der Waals surface area contributed by atoms with Gasteiger partial charge in [-0.05, 0) is 34.0 Å². The molecule has 0 radical (unpaired) electrons. The van der Waals surface area contributed by atoms with Crippen LogP contribution in [0.2, 0.25) is 0 Å². The van der Waals surface area contributed by atoms with E-state index in [1.54, 1.807) is 24.1 Å². The summed E-state index contributed by atoms with van der Waals surface area (Å²) in [6, 6.07) is 1.82. The van der Waals surface area contributed by atoms with E-state index in [0.717, 1.165) is 0 Å². The van der Waals surface area contributed by atoms with Crippen molar-refractivity contribution in [2.24, 2.45) is 0 Å². The van der Waals surface area contributed by atoms with Crippen LogP contribution in [0.3, 0.4) is 0 Å². The second-order valence-electron chi connectivity index (χ2n) is 5.54. The molecule has 8 heteroatoms. The van der Waals surface area contributed by atoms with Gasteiger partial charge in [-0.1, -0.05) is 0 Å². The molecule has 0 atom stereocenters. The third kappa shape index (κ3) is 3.66. The average molecular weight is 290 g/mol. The van der Waals surface area contributed by atoms with Gasteiger partial charge in [0.05, 0.1) is 0 Å². The molecule has 0 aromatic carbocycles. The molecule has 0 aliphatic carbocycles. The molecule has 114 valence electrons. The smallest absolute Gasteiger partial charge is 0.257 e. The molecular formula is C13H22N8. The minimum absolute atomic E-state index is 0.0156. The Labute approximate surface area is 124 Å². The van der Waals surface area contributed by atoms with Crippen LogP contribution in [-0.4, -0.2) is 62.9 Å². The Morgan fingerprint density at radius 3 is 2.48 bits per heavy atom. The lowest BCUT2D eigenvalue weighted by molar-refractivity contribution is 0.209. The number of nitrogens with one attached hydrogen (secondary N) is 2. The molecule has 0 saturated heterocycles. The third-order valence-corrected chi connectivity index (χ3v) is 3.45. The number of hydrogen-bond donors (Lipinski definition) is 2. The topological polar surface area (TPSA) is 83.8 Å². The maximum atomic E-state index is 4.39. The number of aromatic nitrogens is 5. The standard InChI is InChI=1S/C13H22N8/c1-13(2,20(4)5)9-15-11-17-10(14-3)18-12(19-11)21-8-6-7-16-21/h6-8H,9H2,1-5H3,(H2,14,15,17,18,19). The van der Waals surface area contributed by atoms with Crippen molar-refractivity contribution in [1.82, 2.24) is 29.6 Å². The average Bonchev–Trinajstić information content (AvgIpc) is 2.99. The van der Waals surface area contributed by atoms with Gasteiger partial charge >= 0.3 is 0 Å². The predicted octanol–water partition coefficient (Wildman–Crippen LogP) is 0.851. The lowest BCUT2D eigenvalue weighted by atomic mass is 10.1. The molecule has 2 aromatic heterocycles. The SMILES string of the molecule is CNc1nc(NCC(C)(C)N(C)C)nc(-n2cccn2)n1.